The number of rotatable bonds is 5. The Balaban J connectivity index is 1.73. The fourth-order valence-corrected chi connectivity index (χ4v) is 2.96. The summed E-state index contributed by atoms with van der Waals surface area (Å²) in [5, 5.41) is 5.88. The molecule has 1 amide bonds. The minimum atomic E-state index is 0.0140. The van der Waals surface area contributed by atoms with Crippen molar-refractivity contribution in [1.82, 2.24) is 15.2 Å². The number of thiazole rings is 1. The number of guanidine groups is 1. The fourth-order valence-electron chi connectivity index (χ4n) is 2.27. The van der Waals surface area contributed by atoms with Gasteiger partial charge in [0, 0.05) is 50.2 Å². The third kappa shape index (κ3) is 4.87. The van der Waals surface area contributed by atoms with Crippen molar-refractivity contribution in [3.8, 4) is 0 Å². The molecular formula is C14H24N6OS. The van der Waals surface area contributed by atoms with Gasteiger partial charge < -0.3 is 20.9 Å². The van der Waals surface area contributed by atoms with Crippen molar-refractivity contribution in [3.63, 3.8) is 0 Å². The largest absolute Gasteiger partial charge is 0.370 e. The highest BCUT2D eigenvalue weighted by atomic mass is 32.1. The number of hydrogen-bond donors (Lipinski definition) is 2. The third-order valence-corrected chi connectivity index (χ3v) is 4.19. The molecule has 0 bridgehead atoms. The molecule has 2 heterocycles. The molecule has 0 saturated carbocycles. The number of carbonyl (C=O) groups excluding carboxylic acids is 1. The van der Waals surface area contributed by atoms with Crippen LogP contribution in [0.2, 0.25) is 0 Å². The van der Waals surface area contributed by atoms with Crippen LogP contribution in [0, 0.1) is 0 Å². The first kappa shape index (κ1) is 16.5. The van der Waals surface area contributed by atoms with Gasteiger partial charge in [0.15, 0.2) is 11.1 Å². The summed E-state index contributed by atoms with van der Waals surface area (Å²) >= 11 is 1.65. The summed E-state index contributed by atoms with van der Waals surface area (Å²) in [7, 11) is 0. The Morgan fingerprint density at radius 3 is 2.77 bits per heavy atom. The van der Waals surface area contributed by atoms with Gasteiger partial charge in [0.05, 0.1) is 6.54 Å². The van der Waals surface area contributed by atoms with Gasteiger partial charge >= 0.3 is 0 Å². The number of nitrogens with zero attached hydrogens (tertiary/aromatic N) is 4. The lowest BCUT2D eigenvalue weighted by molar-refractivity contribution is -0.121. The van der Waals surface area contributed by atoms with Gasteiger partial charge in [-0.15, -0.1) is 11.3 Å². The summed E-state index contributed by atoms with van der Waals surface area (Å²) in [4.78, 5) is 24.5. The first-order chi connectivity index (χ1) is 10.6. The lowest BCUT2D eigenvalue weighted by Crippen LogP contribution is -2.51. The van der Waals surface area contributed by atoms with Crippen molar-refractivity contribution in [2.45, 2.75) is 26.3 Å². The van der Waals surface area contributed by atoms with Crippen molar-refractivity contribution in [1.29, 1.82) is 0 Å². The molecule has 0 aliphatic carbocycles. The van der Waals surface area contributed by atoms with Crippen molar-refractivity contribution in [2.24, 2.45) is 10.7 Å². The van der Waals surface area contributed by atoms with E-state index in [9.17, 15) is 4.79 Å². The van der Waals surface area contributed by atoms with E-state index in [1.807, 2.05) is 25.4 Å². The standard InChI is InChI=1S/C14H24N6OS/c1-11(2)18-12(21)3-4-16-13(15)19-6-8-20(9-7-19)14-17-5-10-22-14/h5,10-11H,3-4,6-9H2,1-2H3,(H2,15,16)(H,18,21). The zero-order chi connectivity index (χ0) is 15.9. The molecule has 0 aromatic carbocycles. The summed E-state index contributed by atoms with van der Waals surface area (Å²) in [5.74, 6) is 0.538. The van der Waals surface area contributed by atoms with E-state index in [0.717, 1.165) is 31.3 Å². The Hall–Kier alpha value is -1.83. The number of amides is 1. The van der Waals surface area contributed by atoms with Gasteiger partial charge in [0.1, 0.15) is 0 Å². The second-order valence-electron chi connectivity index (χ2n) is 5.50. The number of anilines is 1. The Labute approximate surface area is 135 Å². The van der Waals surface area contributed by atoms with E-state index in [-0.39, 0.29) is 11.9 Å². The maximum Gasteiger partial charge on any atom is 0.222 e. The number of aromatic nitrogens is 1. The van der Waals surface area contributed by atoms with Gasteiger partial charge in [-0.3, -0.25) is 9.79 Å². The molecule has 1 aromatic rings. The minimum absolute atomic E-state index is 0.0140. The number of nitrogens with two attached hydrogens (primary N) is 1. The van der Waals surface area contributed by atoms with Crippen LogP contribution in [0.25, 0.3) is 0 Å². The van der Waals surface area contributed by atoms with Crippen LogP contribution < -0.4 is 16.0 Å². The van der Waals surface area contributed by atoms with Crippen LogP contribution in [0.4, 0.5) is 5.13 Å². The van der Waals surface area contributed by atoms with Crippen LogP contribution in [0.15, 0.2) is 16.6 Å². The van der Waals surface area contributed by atoms with Crippen molar-refractivity contribution < 1.29 is 4.79 Å². The monoisotopic (exact) mass is 324 g/mol. The number of carbonyl (C=O) groups is 1. The predicted molar refractivity (Wildman–Crippen MR) is 90.3 cm³/mol. The molecule has 1 aliphatic rings. The van der Waals surface area contributed by atoms with Crippen LogP contribution in [0.1, 0.15) is 20.3 Å². The van der Waals surface area contributed by atoms with Crippen LogP contribution in [0.5, 0.6) is 0 Å². The molecule has 7 nitrogen and oxygen atoms in total. The van der Waals surface area contributed by atoms with E-state index in [0.29, 0.717) is 18.9 Å². The Bertz CT molecular complexity index is 493. The molecule has 0 unspecified atom stereocenters. The van der Waals surface area contributed by atoms with Gasteiger partial charge in [-0.25, -0.2) is 4.98 Å². The molecule has 3 N–H and O–H groups in total. The summed E-state index contributed by atoms with van der Waals surface area (Å²) in [6.45, 7) is 7.74. The number of hydrogen-bond acceptors (Lipinski definition) is 5. The van der Waals surface area contributed by atoms with Crippen LogP contribution in [0.3, 0.4) is 0 Å². The predicted octanol–water partition coefficient (Wildman–Crippen LogP) is 0.495. The molecule has 1 aliphatic heterocycles. The van der Waals surface area contributed by atoms with E-state index >= 15 is 0 Å². The second-order valence-corrected chi connectivity index (χ2v) is 6.37. The van der Waals surface area contributed by atoms with E-state index in [1.54, 1.807) is 11.3 Å². The van der Waals surface area contributed by atoms with E-state index in [4.69, 9.17) is 5.73 Å². The average molecular weight is 324 g/mol. The van der Waals surface area contributed by atoms with E-state index < -0.39 is 0 Å². The highest BCUT2D eigenvalue weighted by Crippen LogP contribution is 2.18. The quantitative estimate of drug-likeness (QED) is 0.608. The Kier molecular flexibility index (Phi) is 6.00. The second kappa shape index (κ2) is 7.98. The first-order valence-corrected chi connectivity index (χ1v) is 8.43. The molecule has 0 spiro atoms. The van der Waals surface area contributed by atoms with Crippen molar-refractivity contribution >= 4 is 28.3 Å². The molecular weight excluding hydrogens is 300 g/mol. The van der Waals surface area contributed by atoms with Gasteiger partial charge in [0.2, 0.25) is 5.91 Å². The molecule has 1 aromatic heterocycles. The molecule has 1 fully saturated rings. The first-order valence-electron chi connectivity index (χ1n) is 7.55. The Morgan fingerprint density at radius 2 is 2.18 bits per heavy atom. The number of piperazine rings is 1. The van der Waals surface area contributed by atoms with Crippen molar-refractivity contribution in [3.05, 3.63) is 11.6 Å². The SMILES string of the molecule is CC(C)NC(=O)CCN=C(N)N1CCN(c2nccs2)CC1. The van der Waals surface area contributed by atoms with Gasteiger partial charge in [0.25, 0.3) is 0 Å². The number of nitrogens with one attached hydrogen (secondary N) is 1. The summed E-state index contributed by atoms with van der Waals surface area (Å²) < 4.78 is 0. The molecule has 2 rings (SSSR count). The highest BCUT2D eigenvalue weighted by Gasteiger charge is 2.19. The number of aliphatic imine (C=N–C) groups is 1. The zero-order valence-electron chi connectivity index (χ0n) is 13.2. The smallest absolute Gasteiger partial charge is 0.222 e. The molecule has 22 heavy (non-hydrogen) atoms. The topological polar surface area (TPSA) is 86.8 Å². The maximum atomic E-state index is 11.5. The molecule has 8 heteroatoms. The summed E-state index contributed by atoms with van der Waals surface area (Å²) in [6, 6.07) is 0.160. The lowest BCUT2D eigenvalue weighted by atomic mass is 10.3. The van der Waals surface area contributed by atoms with Crippen LogP contribution >= 0.6 is 11.3 Å². The Morgan fingerprint density at radius 1 is 1.45 bits per heavy atom. The lowest BCUT2D eigenvalue weighted by Gasteiger charge is -2.35. The molecule has 122 valence electrons. The summed E-state index contributed by atoms with van der Waals surface area (Å²) in [6.07, 6.45) is 2.20. The average Bonchev–Trinajstić information content (AvgIpc) is 3.00. The maximum absolute atomic E-state index is 11.5. The minimum Gasteiger partial charge on any atom is -0.370 e. The normalized spacial score (nSPS) is 16.2. The van der Waals surface area contributed by atoms with Gasteiger partial charge in [-0.05, 0) is 13.8 Å². The van der Waals surface area contributed by atoms with Gasteiger partial charge in [-0.1, -0.05) is 0 Å². The van der Waals surface area contributed by atoms with Gasteiger partial charge in [-0.2, -0.15) is 0 Å². The van der Waals surface area contributed by atoms with E-state index in [1.165, 1.54) is 0 Å². The third-order valence-electron chi connectivity index (χ3n) is 3.36. The molecule has 1 saturated heterocycles. The zero-order valence-corrected chi connectivity index (χ0v) is 14.0. The summed E-state index contributed by atoms with van der Waals surface area (Å²) in [5.41, 5.74) is 6.01. The van der Waals surface area contributed by atoms with Crippen LogP contribution in [-0.2, 0) is 4.79 Å². The highest BCUT2D eigenvalue weighted by molar-refractivity contribution is 7.13. The molecule has 0 atom stereocenters. The van der Waals surface area contributed by atoms with Crippen LogP contribution in [-0.4, -0.2) is 60.5 Å². The van der Waals surface area contributed by atoms with Crippen molar-refractivity contribution in [2.75, 3.05) is 37.6 Å². The van der Waals surface area contributed by atoms with E-state index in [2.05, 4.69) is 25.1 Å². The fraction of sp³-hybridized carbons (Fsp3) is 0.643. The molecule has 0 radical (unpaired) electrons.